The van der Waals surface area contributed by atoms with E-state index in [1.807, 2.05) is 13.8 Å². The SMILES string of the molecule is CCCC(CCC)C(=O)Nc1ccc(N)cc1C(=O)O. The zero-order valence-electron chi connectivity index (χ0n) is 12.0. The third-order valence-corrected chi connectivity index (χ3v) is 3.18. The van der Waals surface area contributed by atoms with Gasteiger partial charge in [0.05, 0.1) is 11.3 Å². The number of nitrogens with one attached hydrogen (secondary N) is 1. The van der Waals surface area contributed by atoms with E-state index in [1.165, 1.54) is 12.1 Å². The summed E-state index contributed by atoms with van der Waals surface area (Å²) in [6.45, 7) is 4.06. The summed E-state index contributed by atoms with van der Waals surface area (Å²) in [7, 11) is 0. The van der Waals surface area contributed by atoms with Crippen LogP contribution in [0.25, 0.3) is 0 Å². The number of amides is 1. The molecule has 0 saturated heterocycles. The number of nitrogen functional groups attached to an aromatic ring is 1. The predicted octanol–water partition coefficient (Wildman–Crippen LogP) is 3.12. The molecule has 0 radical (unpaired) electrons. The monoisotopic (exact) mass is 278 g/mol. The predicted molar refractivity (Wildman–Crippen MR) is 79.7 cm³/mol. The molecule has 0 spiro atoms. The average molecular weight is 278 g/mol. The van der Waals surface area contributed by atoms with Crippen LogP contribution in [0.5, 0.6) is 0 Å². The van der Waals surface area contributed by atoms with Gasteiger partial charge in [-0.15, -0.1) is 0 Å². The maximum Gasteiger partial charge on any atom is 0.337 e. The number of hydrogen-bond acceptors (Lipinski definition) is 3. The second-order valence-corrected chi connectivity index (χ2v) is 4.87. The van der Waals surface area contributed by atoms with Crippen molar-refractivity contribution in [2.75, 3.05) is 11.1 Å². The van der Waals surface area contributed by atoms with E-state index in [4.69, 9.17) is 10.8 Å². The van der Waals surface area contributed by atoms with Gasteiger partial charge in [-0.25, -0.2) is 4.79 Å². The van der Waals surface area contributed by atoms with Crippen LogP contribution in [0.4, 0.5) is 11.4 Å². The first-order valence-corrected chi connectivity index (χ1v) is 6.93. The molecule has 0 fully saturated rings. The summed E-state index contributed by atoms with van der Waals surface area (Å²) >= 11 is 0. The maximum absolute atomic E-state index is 12.2. The molecule has 110 valence electrons. The van der Waals surface area contributed by atoms with Crippen LogP contribution in [0, 0.1) is 5.92 Å². The minimum absolute atomic E-state index is 0.0186. The Labute approximate surface area is 119 Å². The van der Waals surface area contributed by atoms with Gasteiger partial charge in [0.15, 0.2) is 0 Å². The fourth-order valence-electron chi connectivity index (χ4n) is 2.19. The molecule has 5 heteroatoms. The summed E-state index contributed by atoms with van der Waals surface area (Å²) in [6.07, 6.45) is 3.45. The van der Waals surface area contributed by atoms with Gasteiger partial charge in [-0.3, -0.25) is 4.79 Å². The van der Waals surface area contributed by atoms with E-state index in [1.54, 1.807) is 6.07 Å². The van der Waals surface area contributed by atoms with Crippen molar-refractivity contribution in [3.8, 4) is 0 Å². The highest BCUT2D eigenvalue weighted by atomic mass is 16.4. The standard InChI is InChI=1S/C15H22N2O3/c1-3-5-10(6-4-2)14(18)17-13-8-7-11(16)9-12(13)15(19)20/h7-10H,3-6,16H2,1-2H3,(H,17,18)(H,19,20). The highest BCUT2D eigenvalue weighted by Crippen LogP contribution is 2.22. The van der Waals surface area contributed by atoms with Gasteiger partial charge in [0, 0.05) is 11.6 Å². The minimum atomic E-state index is -1.10. The second kappa shape index (κ2) is 7.53. The number of carbonyl (C=O) groups excluding carboxylic acids is 1. The molecule has 1 aromatic rings. The van der Waals surface area contributed by atoms with Crippen LogP contribution in [-0.2, 0) is 4.79 Å². The van der Waals surface area contributed by atoms with Gasteiger partial charge in [0.1, 0.15) is 0 Å². The van der Waals surface area contributed by atoms with E-state index in [9.17, 15) is 9.59 Å². The van der Waals surface area contributed by atoms with Gasteiger partial charge in [-0.1, -0.05) is 26.7 Å². The fraction of sp³-hybridized carbons (Fsp3) is 0.467. The van der Waals surface area contributed by atoms with Crippen LogP contribution in [0.1, 0.15) is 49.9 Å². The number of nitrogens with two attached hydrogens (primary N) is 1. The normalized spacial score (nSPS) is 10.6. The number of carboxylic acids is 1. The molecule has 0 aromatic heterocycles. The highest BCUT2D eigenvalue weighted by molar-refractivity contribution is 6.01. The van der Waals surface area contributed by atoms with Crippen molar-refractivity contribution in [1.82, 2.24) is 0 Å². The van der Waals surface area contributed by atoms with Crippen molar-refractivity contribution in [2.45, 2.75) is 39.5 Å². The lowest BCUT2D eigenvalue weighted by Gasteiger charge is -2.16. The molecule has 0 unspecified atom stereocenters. The van der Waals surface area contributed by atoms with E-state index in [0.29, 0.717) is 11.4 Å². The smallest absolute Gasteiger partial charge is 0.337 e. The van der Waals surface area contributed by atoms with E-state index >= 15 is 0 Å². The minimum Gasteiger partial charge on any atom is -0.478 e. The van der Waals surface area contributed by atoms with Gasteiger partial charge in [0.2, 0.25) is 5.91 Å². The molecule has 1 aromatic carbocycles. The first kappa shape index (κ1) is 16.0. The Morgan fingerprint density at radius 2 is 1.85 bits per heavy atom. The number of hydrogen-bond donors (Lipinski definition) is 3. The summed E-state index contributed by atoms with van der Waals surface area (Å²) in [5, 5.41) is 11.9. The molecule has 0 aliphatic rings. The third kappa shape index (κ3) is 4.26. The average Bonchev–Trinajstić information content (AvgIpc) is 2.40. The summed E-state index contributed by atoms with van der Waals surface area (Å²) in [5.41, 5.74) is 6.25. The van der Waals surface area contributed by atoms with Crippen molar-refractivity contribution < 1.29 is 14.7 Å². The number of anilines is 2. The second-order valence-electron chi connectivity index (χ2n) is 4.87. The number of aromatic carboxylic acids is 1. The topological polar surface area (TPSA) is 92.4 Å². The lowest BCUT2D eigenvalue weighted by molar-refractivity contribution is -0.120. The van der Waals surface area contributed by atoms with Crippen LogP contribution in [0.3, 0.4) is 0 Å². The van der Waals surface area contributed by atoms with Crippen LogP contribution in [0.15, 0.2) is 18.2 Å². The summed E-state index contributed by atoms with van der Waals surface area (Å²) in [4.78, 5) is 23.4. The molecule has 0 atom stereocenters. The van der Waals surface area contributed by atoms with E-state index < -0.39 is 5.97 Å². The quantitative estimate of drug-likeness (QED) is 0.668. The summed E-state index contributed by atoms with van der Waals surface area (Å²) in [5.74, 6) is -1.31. The summed E-state index contributed by atoms with van der Waals surface area (Å²) in [6, 6.07) is 4.47. The van der Waals surface area contributed by atoms with E-state index in [0.717, 1.165) is 25.7 Å². The van der Waals surface area contributed by atoms with Gasteiger partial charge < -0.3 is 16.2 Å². The van der Waals surface area contributed by atoms with Crippen LogP contribution in [-0.4, -0.2) is 17.0 Å². The van der Waals surface area contributed by atoms with Crippen molar-refractivity contribution >= 4 is 23.3 Å². The number of carbonyl (C=O) groups is 2. The van der Waals surface area contributed by atoms with Crippen molar-refractivity contribution in [3.63, 3.8) is 0 Å². The number of rotatable bonds is 7. The van der Waals surface area contributed by atoms with Crippen molar-refractivity contribution in [3.05, 3.63) is 23.8 Å². The van der Waals surface area contributed by atoms with Gasteiger partial charge >= 0.3 is 5.97 Å². The number of carboxylic acid groups (broad SMARTS) is 1. The molecular formula is C15H22N2O3. The van der Waals surface area contributed by atoms with Gasteiger partial charge in [-0.2, -0.15) is 0 Å². The zero-order valence-corrected chi connectivity index (χ0v) is 12.0. The first-order valence-electron chi connectivity index (χ1n) is 6.93. The molecule has 0 aliphatic heterocycles. The molecule has 0 saturated carbocycles. The molecule has 0 aliphatic carbocycles. The van der Waals surface area contributed by atoms with E-state index in [2.05, 4.69) is 5.32 Å². The Bertz CT molecular complexity index is 480. The van der Waals surface area contributed by atoms with Crippen LogP contribution in [0.2, 0.25) is 0 Å². The van der Waals surface area contributed by atoms with Crippen LogP contribution < -0.4 is 11.1 Å². The molecule has 0 bridgehead atoms. The maximum atomic E-state index is 12.2. The largest absolute Gasteiger partial charge is 0.478 e. The molecule has 4 N–H and O–H groups in total. The van der Waals surface area contributed by atoms with Gasteiger partial charge in [-0.05, 0) is 31.0 Å². The molecule has 1 rings (SSSR count). The Hall–Kier alpha value is -2.04. The van der Waals surface area contributed by atoms with Crippen molar-refractivity contribution in [1.29, 1.82) is 0 Å². The lowest BCUT2D eigenvalue weighted by atomic mass is 9.97. The highest BCUT2D eigenvalue weighted by Gasteiger charge is 2.19. The third-order valence-electron chi connectivity index (χ3n) is 3.18. The van der Waals surface area contributed by atoms with Gasteiger partial charge in [0.25, 0.3) is 0 Å². The molecule has 0 heterocycles. The number of benzene rings is 1. The zero-order chi connectivity index (χ0) is 15.1. The molecule has 1 amide bonds. The Morgan fingerprint density at radius 3 is 2.35 bits per heavy atom. The Balaban J connectivity index is 2.91. The molecular weight excluding hydrogens is 256 g/mol. The van der Waals surface area contributed by atoms with Crippen LogP contribution >= 0.6 is 0 Å². The molecule has 5 nitrogen and oxygen atoms in total. The first-order chi connectivity index (χ1) is 9.49. The Kier molecular flexibility index (Phi) is 6.03. The van der Waals surface area contributed by atoms with Crippen molar-refractivity contribution in [2.24, 2.45) is 5.92 Å². The Morgan fingerprint density at radius 1 is 1.25 bits per heavy atom. The lowest BCUT2D eigenvalue weighted by Crippen LogP contribution is -2.24. The molecule has 20 heavy (non-hydrogen) atoms. The fourth-order valence-corrected chi connectivity index (χ4v) is 2.19. The van der Waals surface area contributed by atoms with E-state index in [-0.39, 0.29) is 17.4 Å². The summed E-state index contributed by atoms with van der Waals surface area (Å²) < 4.78 is 0.